The second-order valence-electron chi connectivity index (χ2n) is 11.9. The molecule has 4 rings (SSSR count). The Balaban J connectivity index is 1.49. The Hall–Kier alpha value is -2.28. The monoisotopic (exact) mass is 532 g/mol. The fourth-order valence-corrected chi connectivity index (χ4v) is 10.3. The number of hydrogen-bond acceptors (Lipinski definition) is 4. The van der Waals surface area contributed by atoms with Crippen LogP contribution in [0.3, 0.4) is 0 Å². The molecule has 4 nitrogen and oxygen atoms in total. The lowest BCUT2D eigenvalue weighted by Gasteiger charge is -2.46. The van der Waals surface area contributed by atoms with Crippen molar-refractivity contribution in [1.82, 2.24) is 0 Å². The lowest BCUT2D eigenvalue weighted by atomic mass is 9.94. The van der Waals surface area contributed by atoms with Crippen LogP contribution in [0.2, 0.25) is 5.04 Å². The minimum atomic E-state index is -2.58. The molecule has 0 radical (unpaired) electrons. The molecular formula is C33H44O4Si. The highest BCUT2D eigenvalue weighted by molar-refractivity contribution is 6.99. The third kappa shape index (κ3) is 6.64. The number of rotatable bonds is 10. The second kappa shape index (κ2) is 12.3. The minimum Gasteiger partial charge on any atom is -0.407 e. The Labute approximate surface area is 230 Å². The third-order valence-corrected chi connectivity index (χ3v) is 12.6. The highest BCUT2D eigenvalue weighted by atomic mass is 28.4. The van der Waals surface area contributed by atoms with Gasteiger partial charge in [0.1, 0.15) is 0 Å². The van der Waals surface area contributed by atoms with Gasteiger partial charge in [-0.05, 0) is 41.2 Å². The molecule has 1 aliphatic heterocycles. The fourth-order valence-electron chi connectivity index (χ4n) is 5.68. The molecule has 0 unspecified atom stereocenters. The number of benzene rings is 3. The fraction of sp³-hybridized carbons (Fsp3) is 0.455. The summed E-state index contributed by atoms with van der Waals surface area (Å²) >= 11 is 0. The van der Waals surface area contributed by atoms with Crippen LogP contribution < -0.4 is 10.4 Å². The topological polar surface area (TPSA) is 36.9 Å². The summed E-state index contributed by atoms with van der Waals surface area (Å²) in [5.74, 6) is -0.489. The van der Waals surface area contributed by atoms with E-state index in [0.29, 0.717) is 19.8 Å². The summed E-state index contributed by atoms with van der Waals surface area (Å²) in [6, 6.07) is 31.9. The van der Waals surface area contributed by atoms with Crippen LogP contribution in [-0.2, 0) is 25.2 Å². The van der Waals surface area contributed by atoms with Gasteiger partial charge >= 0.3 is 0 Å². The van der Waals surface area contributed by atoms with Gasteiger partial charge in [-0.2, -0.15) is 0 Å². The number of hydrogen-bond donors (Lipinski definition) is 0. The molecule has 204 valence electrons. The minimum absolute atomic E-state index is 0.0160. The van der Waals surface area contributed by atoms with E-state index in [1.54, 1.807) is 0 Å². The molecule has 0 bridgehead atoms. The van der Waals surface area contributed by atoms with E-state index in [1.807, 2.05) is 32.0 Å². The van der Waals surface area contributed by atoms with Crippen molar-refractivity contribution in [2.24, 2.45) is 5.92 Å². The molecule has 0 aromatic heterocycles. The predicted octanol–water partition coefficient (Wildman–Crippen LogP) is 6.33. The number of ether oxygens (including phenoxy) is 3. The van der Waals surface area contributed by atoms with Gasteiger partial charge in [0, 0.05) is 12.5 Å². The predicted molar refractivity (Wildman–Crippen MR) is 157 cm³/mol. The first kappa shape index (κ1) is 28.7. The van der Waals surface area contributed by atoms with E-state index < -0.39 is 14.1 Å². The van der Waals surface area contributed by atoms with Crippen LogP contribution in [0.4, 0.5) is 0 Å². The second-order valence-corrected chi connectivity index (χ2v) is 16.2. The van der Waals surface area contributed by atoms with Gasteiger partial charge in [-0.25, -0.2) is 0 Å². The zero-order chi connectivity index (χ0) is 27.2. The summed E-state index contributed by atoms with van der Waals surface area (Å²) in [5.41, 5.74) is 1.17. The molecule has 3 aromatic carbocycles. The van der Waals surface area contributed by atoms with Crippen molar-refractivity contribution in [3.63, 3.8) is 0 Å². The molecule has 1 fully saturated rings. The first-order valence-corrected chi connectivity index (χ1v) is 15.8. The Morgan fingerprint density at radius 2 is 1.26 bits per heavy atom. The maximum atomic E-state index is 7.15. The summed E-state index contributed by atoms with van der Waals surface area (Å²) in [5, 5.41) is 2.55. The summed E-state index contributed by atoms with van der Waals surface area (Å²) in [6.07, 6.45) is 0.774. The molecule has 1 heterocycles. The molecule has 0 saturated carbocycles. The normalized spacial score (nSPS) is 21.8. The first-order chi connectivity index (χ1) is 18.1. The van der Waals surface area contributed by atoms with Crippen LogP contribution in [0, 0.1) is 5.92 Å². The third-order valence-electron chi connectivity index (χ3n) is 7.57. The Morgan fingerprint density at radius 1 is 0.763 bits per heavy atom. The van der Waals surface area contributed by atoms with Crippen molar-refractivity contribution in [1.29, 1.82) is 0 Å². The van der Waals surface area contributed by atoms with E-state index in [-0.39, 0.29) is 23.2 Å². The van der Waals surface area contributed by atoms with E-state index in [9.17, 15) is 0 Å². The van der Waals surface area contributed by atoms with Crippen LogP contribution in [0.5, 0.6) is 0 Å². The van der Waals surface area contributed by atoms with Gasteiger partial charge in [0.05, 0.1) is 25.4 Å². The van der Waals surface area contributed by atoms with Crippen molar-refractivity contribution in [2.75, 3.05) is 13.2 Å². The van der Waals surface area contributed by atoms with Crippen molar-refractivity contribution in [3.05, 3.63) is 96.6 Å². The Morgan fingerprint density at radius 3 is 1.79 bits per heavy atom. The highest BCUT2D eigenvalue weighted by Gasteiger charge is 2.50. The van der Waals surface area contributed by atoms with Gasteiger partial charge < -0.3 is 18.6 Å². The van der Waals surface area contributed by atoms with Gasteiger partial charge in [0.15, 0.2) is 5.79 Å². The van der Waals surface area contributed by atoms with Crippen LogP contribution in [0.15, 0.2) is 91.0 Å². The molecule has 3 aromatic rings. The van der Waals surface area contributed by atoms with Crippen molar-refractivity contribution < 1.29 is 18.6 Å². The van der Waals surface area contributed by atoms with Crippen LogP contribution in [-0.4, -0.2) is 39.5 Å². The van der Waals surface area contributed by atoms with Crippen molar-refractivity contribution in [2.45, 2.75) is 77.6 Å². The molecule has 0 N–H and O–H groups in total. The molecule has 0 spiro atoms. The Kier molecular flexibility index (Phi) is 9.27. The van der Waals surface area contributed by atoms with Gasteiger partial charge in [0.2, 0.25) is 0 Å². The van der Waals surface area contributed by atoms with Crippen LogP contribution >= 0.6 is 0 Å². The summed E-state index contributed by atoms with van der Waals surface area (Å²) in [4.78, 5) is 0. The Bertz CT molecular complexity index is 1070. The molecule has 5 heteroatoms. The molecule has 38 heavy (non-hydrogen) atoms. The quantitative estimate of drug-likeness (QED) is 0.286. The smallest absolute Gasteiger partial charge is 0.261 e. The summed E-state index contributed by atoms with van der Waals surface area (Å²) in [7, 11) is -2.58. The molecule has 1 saturated heterocycles. The van der Waals surface area contributed by atoms with E-state index in [4.69, 9.17) is 18.6 Å². The van der Waals surface area contributed by atoms with E-state index >= 15 is 0 Å². The summed E-state index contributed by atoms with van der Waals surface area (Å²) in [6.45, 7) is 14.9. The van der Waals surface area contributed by atoms with E-state index in [2.05, 4.69) is 100 Å². The largest absolute Gasteiger partial charge is 0.407 e. The lowest BCUT2D eigenvalue weighted by Crippen LogP contribution is -2.66. The maximum Gasteiger partial charge on any atom is 0.261 e. The lowest BCUT2D eigenvalue weighted by molar-refractivity contribution is -0.326. The molecule has 3 atom stereocenters. The van der Waals surface area contributed by atoms with Gasteiger partial charge in [-0.1, -0.05) is 119 Å². The van der Waals surface area contributed by atoms with Crippen LogP contribution in [0.1, 0.15) is 53.5 Å². The van der Waals surface area contributed by atoms with Crippen LogP contribution in [0.25, 0.3) is 0 Å². The van der Waals surface area contributed by atoms with E-state index in [0.717, 1.165) is 6.42 Å². The van der Waals surface area contributed by atoms with Gasteiger partial charge in [-0.3, -0.25) is 0 Å². The zero-order valence-electron chi connectivity index (χ0n) is 23.9. The first-order valence-electron chi connectivity index (χ1n) is 13.8. The average molecular weight is 533 g/mol. The maximum absolute atomic E-state index is 7.15. The summed E-state index contributed by atoms with van der Waals surface area (Å²) < 4.78 is 26.0. The van der Waals surface area contributed by atoms with Crippen molar-refractivity contribution >= 4 is 18.7 Å². The standard InChI is InChI=1S/C33H44O4Si/c1-26-30(36-33(5,6)37-31(26)25-34-24-27-16-10-7-11-17-27)22-23-35-38(32(2,3)4,28-18-12-8-13-19-28)29-20-14-9-15-21-29/h7-21,26,30-31H,22-25H2,1-6H3/t26-,30+,31+/m0/s1. The molecule has 0 aliphatic carbocycles. The van der Waals surface area contributed by atoms with Gasteiger partial charge in [0.25, 0.3) is 8.32 Å². The van der Waals surface area contributed by atoms with Crippen molar-refractivity contribution in [3.8, 4) is 0 Å². The highest BCUT2D eigenvalue weighted by Crippen LogP contribution is 2.38. The zero-order valence-corrected chi connectivity index (χ0v) is 24.9. The van der Waals surface area contributed by atoms with E-state index in [1.165, 1.54) is 15.9 Å². The SMILES string of the molecule is C[C@H]1[C@@H](CCO[Si](c2ccccc2)(c2ccccc2)C(C)(C)C)OC(C)(C)O[C@@H]1COCc1ccccc1. The van der Waals surface area contributed by atoms with Gasteiger partial charge in [-0.15, -0.1) is 0 Å². The molecule has 1 aliphatic rings. The molecular weight excluding hydrogens is 488 g/mol. The average Bonchev–Trinajstić information content (AvgIpc) is 2.90. The molecule has 0 amide bonds.